The molecular weight excluding hydrogens is 380 g/mol. The first-order valence-corrected chi connectivity index (χ1v) is 10.7. The van der Waals surface area contributed by atoms with Crippen LogP contribution in [0.1, 0.15) is 49.4 Å². The first-order valence-electron chi connectivity index (χ1n) is 10.7. The maximum atomic E-state index is 12.3. The van der Waals surface area contributed by atoms with Crippen LogP contribution in [0.4, 0.5) is 0 Å². The van der Waals surface area contributed by atoms with Gasteiger partial charge in [0.1, 0.15) is 18.5 Å². The summed E-state index contributed by atoms with van der Waals surface area (Å²) in [4.78, 5) is 27.8. The Kier molecular flexibility index (Phi) is 5.35. The van der Waals surface area contributed by atoms with Gasteiger partial charge in [-0.25, -0.2) is 24.3 Å². The molecule has 30 heavy (non-hydrogen) atoms. The lowest BCUT2D eigenvalue weighted by atomic mass is 9.85. The van der Waals surface area contributed by atoms with Gasteiger partial charge in [0.25, 0.3) is 5.56 Å². The zero-order valence-corrected chi connectivity index (χ0v) is 17.0. The zero-order chi connectivity index (χ0) is 20.3. The van der Waals surface area contributed by atoms with Crippen molar-refractivity contribution in [3.05, 3.63) is 58.9 Å². The molecule has 1 aliphatic heterocycles. The zero-order valence-electron chi connectivity index (χ0n) is 17.0. The van der Waals surface area contributed by atoms with E-state index in [-0.39, 0.29) is 5.56 Å². The van der Waals surface area contributed by atoms with Gasteiger partial charge in [-0.1, -0.05) is 6.42 Å². The van der Waals surface area contributed by atoms with Crippen molar-refractivity contribution < 1.29 is 0 Å². The molecule has 0 atom stereocenters. The second kappa shape index (κ2) is 8.43. The molecule has 0 radical (unpaired) electrons. The highest BCUT2D eigenvalue weighted by Gasteiger charge is 2.23. The van der Waals surface area contributed by atoms with Crippen LogP contribution < -0.4 is 5.56 Å². The van der Waals surface area contributed by atoms with Crippen LogP contribution in [0.15, 0.2) is 42.0 Å². The number of hydrogen-bond acceptors (Lipinski definition) is 7. The van der Waals surface area contributed by atoms with Crippen LogP contribution in [-0.4, -0.2) is 52.5 Å². The molecule has 0 bridgehead atoms. The summed E-state index contributed by atoms with van der Waals surface area (Å²) in [6, 6.07) is 3.22. The second-order valence-corrected chi connectivity index (χ2v) is 8.35. The van der Waals surface area contributed by atoms with Gasteiger partial charge in [0.05, 0.1) is 0 Å². The maximum Gasteiger partial charge on any atom is 0.266 e. The summed E-state index contributed by atoms with van der Waals surface area (Å²) in [6.07, 6.45) is 12.9. The molecule has 156 valence electrons. The van der Waals surface area contributed by atoms with Crippen molar-refractivity contribution in [1.82, 2.24) is 39.4 Å². The van der Waals surface area contributed by atoms with Gasteiger partial charge in [-0.05, 0) is 50.8 Å². The molecule has 0 unspecified atom stereocenters. The van der Waals surface area contributed by atoms with E-state index in [4.69, 9.17) is 0 Å². The highest BCUT2D eigenvalue weighted by atomic mass is 16.1. The Labute approximate surface area is 174 Å². The van der Waals surface area contributed by atoms with Crippen LogP contribution in [0.2, 0.25) is 0 Å². The molecule has 1 saturated heterocycles. The number of aromatic nitrogens is 7. The average molecular weight is 406 g/mol. The fourth-order valence-electron chi connectivity index (χ4n) is 4.17. The lowest BCUT2D eigenvalue weighted by Gasteiger charge is -2.32. The highest BCUT2D eigenvalue weighted by Crippen LogP contribution is 2.34. The summed E-state index contributed by atoms with van der Waals surface area (Å²) < 4.78 is 3.13. The minimum atomic E-state index is -0.0787. The molecule has 0 aromatic carbocycles. The molecule has 9 heteroatoms. The Morgan fingerprint density at radius 1 is 1.03 bits per heavy atom. The molecule has 1 aliphatic carbocycles. The van der Waals surface area contributed by atoms with Crippen molar-refractivity contribution in [2.75, 3.05) is 13.1 Å². The summed E-state index contributed by atoms with van der Waals surface area (Å²) in [6.45, 7) is 3.53. The molecule has 5 rings (SSSR count). The smallest absolute Gasteiger partial charge is 0.266 e. The highest BCUT2D eigenvalue weighted by molar-refractivity contribution is 5.16. The van der Waals surface area contributed by atoms with E-state index in [0.29, 0.717) is 24.2 Å². The van der Waals surface area contributed by atoms with Crippen LogP contribution in [0, 0.1) is 5.92 Å². The first-order chi connectivity index (χ1) is 14.7. The molecule has 0 spiro atoms. The average Bonchev–Trinajstić information content (AvgIpc) is 3.26. The Bertz CT molecular complexity index is 1020. The molecule has 0 N–H and O–H groups in total. The minimum absolute atomic E-state index is 0.0787. The van der Waals surface area contributed by atoms with E-state index in [1.54, 1.807) is 27.8 Å². The topological polar surface area (TPSA) is 94.6 Å². The fraction of sp³-hybridized carbons (Fsp3) is 0.524. The van der Waals surface area contributed by atoms with E-state index >= 15 is 0 Å². The van der Waals surface area contributed by atoms with E-state index in [1.165, 1.54) is 31.2 Å². The molecule has 2 fully saturated rings. The standard InChI is InChI=1S/C21H26N8O/c30-20-5-4-19(29-15-22-14-25-29)26-28(20)13-16-6-8-27(9-7-16)12-17-10-23-21(24-11-17)18-2-1-3-18/h4-5,10-11,14-16,18H,1-3,6-9,12-13H2. The number of likely N-dealkylation sites (tertiary alicyclic amines) is 1. The van der Waals surface area contributed by atoms with Gasteiger partial charge in [0, 0.05) is 43.0 Å². The lowest BCUT2D eigenvalue weighted by Crippen LogP contribution is -2.36. The van der Waals surface area contributed by atoms with Crippen molar-refractivity contribution in [3.8, 4) is 5.82 Å². The molecule has 0 amide bonds. The van der Waals surface area contributed by atoms with E-state index < -0.39 is 0 Å². The predicted molar refractivity (Wildman–Crippen MR) is 110 cm³/mol. The van der Waals surface area contributed by atoms with Crippen molar-refractivity contribution in [2.45, 2.75) is 51.1 Å². The van der Waals surface area contributed by atoms with E-state index in [9.17, 15) is 4.79 Å². The van der Waals surface area contributed by atoms with Gasteiger partial charge in [0.2, 0.25) is 0 Å². The third kappa shape index (κ3) is 4.16. The molecule has 3 aromatic rings. The number of piperidine rings is 1. The third-order valence-corrected chi connectivity index (χ3v) is 6.25. The molecule has 3 aromatic heterocycles. The van der Waals surface area contributed by atoms with Crippen LogP contribution in [-0.2, 0) is 13.1 Å². The van der Waals surface area contributed by atoms with Gasteiger partial charge < -0.3 is 0 Å². The minimum Gasteiger partial charge on any atom is -0.299 e. The lowest BCUT2D eigenvalue weighted by molar-refractivity contribution is 0.163. The summed E-state index contributed by atoms with van der Waals surface area (Å²) in [5, 5.41) is 8.55. The Morgan fingerprint density at radius 3 is 2.50 bits per heavy atom. The van der Waals surface area contributed by atoms with Crippen LogP contribution in [0.5, 0.6) is 0 Å². The van der Waals surface area contributed by atoms with E-state index in [0.717, 1.165) is 38.3 Å². The van der Waals surface area contributed by atoms with Crippen molar-refractivity contribution in [1.29, 1.82) is 0 Å². The molecular formula is C21H26N8O. The molecule has 1 saturated carbocycles. The number of nitrogens with zero attached hydrogens (tertiary/aromatic N) is 8. The van der Waals surface area contributed by atoms with Gasteiger partial charge >= 0.3 is 0 Å². The van der Waals surface area contributed by atoms with Crippen LogP contribution in [0.25, 0.3) is 5.82 Å². The normalized spacial score (nSPS) is 18.4. The largest absolute Gasteiger partial charge is 0.299 e. The number of hydrogen-bond donors (Lipinski definition) is 0. The Morgan fingerprint density at radius 2 is 1.83 bits per heavy atom. The molecule has 2 aliphatic rings. The predicted octanol–water partition coefficient (Wildman–Crippen LogP) is 1.79. The van der Waals surface area contributed by atoms with Gasteiger partial charge in [0.15, 0.2) is 5.82 Å². The molecule has 9 nitrogen and oxygen atoms in total. The first kappa shape index (κ1) is 19.0. The summed E-state index contributed by atoms with van der Waals surface area (Å²) in [5.41, 5.74) is 1.10. The van der Waals surface area contributed by atoms with Crippen LogP contribution in [0.3, 0.4) is 0 Å². The number of rotatable bonds is 6. The van der Waals surface area contributed by atoms with E-state index in [1.807, 2.05) is 12.4 Å². The Hall–Kier alpha value is -2.94. The second-order valence-electron chi connectivity index (χ2n) is 8.35. The fourth-order valence-corrected chi connectivity index (χ4v) is 4.17. The van der Waals surface area contributed by atoms with Gasteiger partial charge in [-0.3, -0.25) is 9.69 Å². The SMILES string of the molecule is O=c1ccc(-n2cncn2)nn1CC1CCN(Cc2cnc(C3CCC3)nc2)CC1. The maximum absolute atomic E-state index is 12.3. The Balaban J connectivity index is 1.15. The third-order valence-electron chi connectivity index (χ3n) is 6.25. The van der Waals surface area contributed by atoms with Crippen molar-refractivity contribution >= 4 is 0 Å². The van der Waals surface area contributed by atoms with E-state index in [2.05, 4.69) is 30.0 Å². The monoisotopic (exact) mass is 406 g/mol. The molecule has 4 heterocycles. The van der Waals surface area contributed by atoms with Gasteiger partial charge in [-0.2, -0.15) is 5.10 Å². The van der Waals surface area contributed by atoms with Gasteiger partial charge in [-0.15, -0.1) is 5.10 Å². The summed E-state index contributed by atoms with van der Waals surface area (Å²) in [7, 11) is 0. The summed E-state index contributed by atoms with van der Waals surface area (Å²) >= 11 is 0. The quantitative estimate of drug-likeness (QED) is 0.616. The van der Waals surface area contributed by atoms with Crippen molar-refractivity contribution in [3.63, 3.8) is 0 Å². The van der Waals surface area contributed by atoms with Crippen LogP contribution >= 0.6 is 0 Å². The summed E-state index contributed by atoms with van der Waals surface area (Å²) in [5.74, 6) is 2.63. The van der Waals surface area contributed by atoms with Crippen molar-refractivity contribution in [2.24, 2.45) is 5.92 Å².